The summed E-state index contributed by atoms with van der Waals surface area (Å²) >= 11 is 1.52. The molecule has 8 nitrogen and oxygen atoms in total. The van der Waals surface area contributed by atoms with Crippen molar-refractivity contribution < 1.29 is 18.8 Å². The topological polar surface area (TPSA) is 84.9 Å². The average molecular weight is 421 g/mol. The van der Waals surface area contributed by atoms with E-state index in [0.29, 0.717) is 24.7 Å². The first-order valence-corrected chi connectivity index (χ1v) is 11.0. The fourth-order valence-electron chi connectivity index (χ4n) is 3.22. The van der Waals surface area contributed by atoms with Gasteiger partial charge in [0.2, 0.25) is 0 Å². The normalized spacial score (nSPS) is 14.9. The van der Waals surface area contributed by atoms with Gasteiger partial charge in [0.1, 0.15) is 11.6 Å². The summed E-state index contributed by atoms with van der Waals surface area (Å²) in [5.74, 6) is 2.35. The van der Waals surface area contributed by atoms with E-state index in [4.69, 9.17) is 14.1 Å². The van der Waals surface area contributed by atoms with Crippen molar-refractivity contribution in [2.75, 3.05) is 57.9 Å². The molecule has 0 bridgehead atoms. The molecule has 0 unspecified atom stereocenters. The lowest BCUT2D eigenvalue weighted by molar-refractivity contribution is -0.898. The third kappa shape index (κ3) is 6.19. The summed E-state index contributed by atoms with van der Waals surface area (Å²) in [5.41, 5.74) is 0.959. The minimum Gasteiger partial charge on any atom is -0.455 e. The van der Waals surface area contributed by atoms with Gasteiger partial charge in [-0.1, -0.05) is 11.8 Å². The van der Waals surface area contributed by atoms with Crippen LogP contribution in [0.25, 0.3) is 0 Å². The molecule has 0 spiro atoms. The molecule has 1 fully saturated rings. The van der Waals surface area contributed by atoms with Crippen LogP contribution in [0, 0.1) is 6.92 Å². The third-order valence-electron chi connectivity index (χ3n) is 4.94. The van der Waals surface area contributed by atoms with Gasteiger partial charge >= 0.3 is 0 Å². The maximum atomic E-state index is 12.0. The van der Waals surface area contributed by atoms with E-state index < -0.39 is 0 Å². The first-order chi connectivity index (χ1) is 14.1. The second kappa shape index (κ2) is 10.6. The Kier molecular flexibility index (Phi) is 7.91. The highest BCUT2D eigenvalue weighted by Gasteiger charge is 2.20. The Balaban J connectivity index is 1.57. The number of rotatable bonds is 9. The van der Waals surface area contributed by atoms with Crippen molar-refractivity contribution in [1.29, 1.82) is 0 Å². The van der Waals surface area contributed by atoms with Gasteiger partial charge in [-0.15, -0.1) is 0 Å². The molecular formula is C20H30N5O3S+. The van der Waals surface area contributed by atoms with E-state index in [1.165, 1.54) is 18.3 Å². The van der Waals surface area contributed by atoms with Crippen molar-refractivity contribution in [2.24, 2.45) is 0 Å². The lowest BCUT2D eigenvalue weighted by Crippen LogP contribution is -3.14. The average Bonchev–Trinajstić information content (AvgIpc) is 3.21. The van der Waals surface area contributed by atoms with Gasteiger partial charge in [-0.05, 0) is 26.0 Å². The molecule has 0 radical (unpaired) electrons. The summed E-state index contributed by atoms with van der Waals surface area (Å²) in [6.45, 7) is 10.6. The predicted octanol–water partition coefficient (Wildman–Crippen LogP) is 0.771. The SMILES string of the molecule is CC[NH+]1CCN(c2cc(C)nc(SCc3ccc(C(=O)NCCOC)o3)n2)CC1. The number of aryl methyl sites for hydroxylation is 1. The highest BCUT2D eigenvalue weighted by Crippen LogP contribution is 2.24. The van der Waals surface area contributed by atoms with Crippen LogP contribution in [0.15, 0.2) is 27.8 Å². The monoisotopic (exact) mass is 420 g/mol. The van der Waals surface area contributed by atoms with Crippen LogP contribution in [0.4, 0.5) is 5.82 Å². The van der Waals surface area contributed by atoms with Crippen LogP contribution in [0.1, 0.15) is 28.9 Å². The number of amides is 1. The number of anilines is 1. The van der Waals surface area contributed by atoms with Crippen molar-refractivity contribution in [2.45, 2.75) is 24.8 Å². The molecule has 2 aromatic rings. The van der Waals surface area contributed by atoms with Crippen molar-refractivity contribution in [1.82, 2.24) is 15.3 Å². The van der Waals surface area contributed by atoms with Gasteiger partial charge in [-0.25, -0.2) is 9.97 Å². The Bertz CT molecular complexity index is 805. The Morgan fingerprint density at radius 3 is 2.86 bits per heavy atom. The molecule has 9 heteroatoms. The van der Waals surface area contributed by atoms with E-state index in [9.17, 15) is 4.79 Å². The largest absolute Gasteiger partial charge is 0.455 e. The van der Waals surface area contributed by atoms with Crippen LogP contribution in [-0.2, 0) is 10.5 Å². The molecule has 0 aromatic carbocycles. The fourth-order valence-corrected chi connectivity index (χ4v) is 4.02. The zero-order chi connectivity index (χ0) is 20.6. The van der Waals surface area contributed by atoms with Gasteiger partial charge in [-0.3, -0.25) is 4.79 Å². The first kappa shape index (κ1) is 21.6. The molecule has 1 aliphatic heterocycles. The number of likely N-dealkylation sites (N-methyl/N-ethyl adjacent to an activating group) is 1. The molecular weight excluding hydrogens is 390 g/mol. The van der Waals surface area contributed by atoms with Crippen LogP contribution < -0.4 is 15.1 Å². The minimum absolute atomic E-state index is 0.235. The molecule has 158 valence electrons. The van der Waals surface area contributed by atoms with E-state index in [-0.39, 0.29) is 5.91 Å². The second-order valence-electron chi connectivity index (χ2n) is 7.04. The molecule has 3 heterocycles. The van der Waals surface area contributed by atoms with Gasteiger partial charge in [0.15, 0.2) is 10.9 Å². The highest BCUT2D eigenvalue weighted by molar-refractivity contribution is 7.98. The molecule has 0 saturated carbocycles. The molecule has 1 amide bonds. The van der Waals surface area contributed by atoms with Gasteiger partial charge < -0.3 is 24.3 Å². The van der Waals surface area contributed by atoms with Crippen molar-refractivity contribution >= 4 is 23.5 Å². The summed E-state index contributed by atoms with van der Waals surface area (Å²) in [6.07, 6.45) is 0. The summed E-state index contributed by atoms with van der Waals surface area (Å²) in [5, 5.41) is 3.48. The lowest BCUT2D eigenvalue weighted by atomic mass is 10.3. The number of thioether (sulfide) groups is 1. The number of piperazine rings is 1. The smallest absolute Gasteiger partial charge is 0.287 e. The van der Waals surface area contributed by atoms with Crippen molar-refractivity contribution in [3.8, 4) is 0 Å². The molecule has 3 rings (SSSR count). The van der Waals surface area contributed by atoms with E-state index in [1.54, 1.807) is 18.1 Å². The number of methoxy groups -OCH3 is 1. The number of carbonyl (C=O) groups excluding carboxylic acids is 1. The number of nitrogens with zero attached hydrogens (tertiary/aromatic N) is 3. The molecule has 2 aromatic heterocycles. The number of nitrogens with one attached hydrogen (secondary N) is 2. The molecule has 29 heavy (non-hydrogen) atoms. The van der Waals surface area contributed by atoms with Gasteiger partial charge in [0, 0.05) is 25.4 Å². The van der Waals surface area contributed by atoms with Gasteiger partial charge in [-0.2, -0.15) is 0 Å². The van der Waals surface area contributed by atoms with Gasteiger partial charge in [0.05, 0.1) is 45.1 Å². The number of aromatic nitrogens is 2. The van der Waals surface area contributed by atoms with E-state index in [0.717, 1.165) is 48.6 Å². The van der Waals surface area contributed by atoms with Crippen LogP contribution >= 0.6 is 11.8 Å². The number of quaternary nitrogens is 1. The highest BCUT2D eigenvalue weighted by atomic mass is 32.2. The van der Waals surface area contributed by atoms with Crippen LogP contribution in [0.3, 0.4) is 0 Å². The number of hydrogen-bond acceptors (Lipinski definition) is 7. The van der Waals surface area contributed by atoms with Crippen LogP contribution in [0.5, 0.6) is 0 Å². The number of carbonyl (C=O) groups is 1. The Morgan fingerprint density at radius 2 is 2.14 bits per heavy atom. The second-order valence-corrected chi connectivity index (χ2v) is 7.99. The number of furan rings is 1. The maximum absolute atomic E-state index is 12.0. The zero-order valence-electron chi connectivity index (χ0n) is 17.4. The van der Waals surface area contributed by atoms with E-state index in [1.807, 2.05) is 13.0 Å². The van der Waals surface area contributed by atoms with Gasteiger partial charge in [0.25, 0.3) is 5.91 Å². The molecule has 1 saturated heterocycles. The quantitative estimate of drug-likeness (QED) is 0.352. The van der Waals surface area contributed by atoms with Crippen LogP contribution in [-0.4, -0.2) is 68.9 Å². The number of hydrogen-bond donors (Lipinski definition) is 2. The summed E-state index contributed by atoms with van der Waals surface area (Å²) in [4.78, 5) is 25.3. The summed E-state index contributed by atoms with van der Waals surface area (Å²) in [7, 11) is 1.60. The zero-order valence-corrected chi connectivity index (χ0v) is 18.2. The molecule has 2 N–H and O–H groups in total. The minimum atomic E-state index is -0.235. The third-order valence-corrected chi connectivity index (χ3v) is 5.81. The number of ether oxygens (including phenoxy) is 1. The molecule has 0 aliphatic carbocycles. The summed E-state index contributed by atoms with van der Waals surface area (Å²) in [6, 6.07) is 5.56. The van der Waals surface area contributed by atoms with E-state index in [2.05, 4.69) is 28.2 Å². The first-order valence-electron chi connectivity index (χ1n) is 10.0. The fraction of sp³-hybridized carbons (Fsp3) is 0.550. The molecule has 1 aliphatic rings. The molecule has 0 atom stereocenters. The Morgan fingerprint density at radius 1 is 1.34 bits per heavy atom. The Labute approximate surface area is 176 Å². The standard InChI is InChI=1S/C20H29N5O3S/c1-4-24-8-10-25(11-9-24)18-13-15(2)22-20(23-18)29-14-16-5-6-17(28-16)19(26)21-7-12-27-3/h5-6,13H,4,7-12,14H2,1-3H3,(H,21,26)/p+1. The predicted molar refractivity (Wildman–Crippen MR) is 113 cm³/mol. The summed E-state index contributed by atoms with van der Waals surface area (Å²) < 4.78 is 10.6. The van der Waals surface area contributed by atoms with Crippen molar-refractivity contribution in [3.63, 3.8) is 0 Å². The van der Waals surface area contributed by atoms with E-state index >= 15 is 0 Å². The van der Waals surface area contributed by atoms with Crippen molar-refractivity contribution in [3.05, 3.63) is 35.4 Å². The lowest BCUT2D eigenvalue weighted by Gasteiger charge is -2.32. The Hall–Kier alpha value is -2.10. The van der Waals surface area contributed by atoms with Crippen LogP contribution in [0.2, 0.25) is 0 Å². The maximum Gasteiger partial charge on any atom is 0.287 e.